The molecular formula is C14H20N4O3S. The Labute approximate surface area is 129 Å². The number of sulfonamides is 1. The molecule has 2 aromatic rings. The quantitative estimate of drug-likeness (QED) is 0.748. The average Bonchev–Trinajstić information content (AvgIpc) is 2.77. The largest absolute Gasteiger partial charge is 0.324 e. The van der Waals surface area contributed by atoms with Gasteiger partial charge in [0.2, 0.25) is 21.9 Å². The number of nitrogens with one attached hydrogen (secondary N) is 3. The number of fused-ring (bicyclic) bond motifs is 1. The first-order valence-electron chi connectivity index (χ1n) is 6.97. The predicted molar refractivity (Wildman–Crippen MR) is 85.9 cm³/mol. The summed E-state index contributed by atoms with van der Waals surface area (Å²) in [6, 6.07) is 6.55. The van der Waals surface area contributed by atoms with Crippen molar-refractivity contribution < 1.29 is 13.2 Å². The molecule has 7 nitrogen and oxygen atoms in total. The third-order valence-corrected chi connectivity index (χ3v) is 3.72. The van der Waals surface area contributed by atoms with Gasteiger partial charge in [-0.1, -0.05) is 26.0 Å². The number of amides is 1. The molecule has 0 radical (unpaired) electrons. The monoisotopic (exact) mass is 324 g/mol. The number of rotatable bonds is 6. The number of anilines is 1. The maximum Gasteiger partial charge on any atom is 0.244 e. The Bertz CT molecular complexity index is 734. The van der Waals surface area contributed by atoms with Crippen LogP contribution in [0.5, 0.6) is 0 Å². The zero-order valence-electron chi connectivity index (χ0n) is 12.8. The van der Waals surface area contributed by atoms with Crippen LogP contribution in [0.2, 0.25) is 0 Å². The van der Waals surface area contributed by atoms with Crippen molar-refractivity contribution in [1.82, 2.24) is 14.7 Å². The molecule has 0 fully saturated rings. The fourth-order valence-corrected chi connectivity index (χ4v) is 2.87. The van der Waals surface area contributed by atoms with E-state index < -0.39 is 22.0 Å². The molecule has 8 heteroatoms. The molecule has 0 spiro atoms. The van der Waals surface area contributed by atoms with E-state index in [1.807, 2.05) is 38.1 Å². The van der Waals surface area contributed by atoms with Crippen LogP contribution >= 0.6 is 0 Å². The van der Waals surface area contributed by atoms with Crippen LogP contribution in [0.25, 0.3) is 11.0 Å². The molecule has 0 aliphatic rings. The molecule has 0 saturated heterocycles. The van der Waals surface area contributed by atoms with Gasteiger partial charge in [-0.2, -0.15) is 0 Å². The summed E-state index contributed by atoms with van der Waals surface area (Å²) in [5, 5.41) is 2.63. The second-order valence-electron chi connectivity index (χ2n) is 5.66. The van der Waals surface area contributed by atoms with Gasteiger partial charge in [0.15, 0.2) is 0 Å². The Hall–Kier alpha value is -1.93. The standard InChI is InChI=1S/C14H20N4O3S/c1-9(2)8-12(18-22(3,20)21)13(19)17-14-15-10-6-4-5-7-11(10)16-14/h4-7,9,12,18H,8H2,1-3H3,(H2,15,16,17,19). The lowest BCUT2D eigenvalue weighted by atomic mass is 10.0. The van der Waals surface area contributed by atoms with Gasteiger partial charge in [-0.25, -0.2) is 18.1 Å². The van der Waals surface area contributed by atoms with Crippen molar-refractivity contribution in [3.05, 3.63) is 24.3 Å². The van der Waals surface area contributed by atoms with Crippen molar-refractivity contribution >= 4 is 32.9 Å². The van der Waals surface area contributed by atoms with Gasteiger partial charge in [-0.05, 0) is 24.5 Å². The van der Waals surface area contributed by atoms with Crippen molar-refractivity contribution in [1.29, 1.82) is 0 Å². The van der Waals surface area contributed by atoms with Crippen LogP contribution in [0.3, 0.4) is 0 Å². The fraction of sp³-hybridized carbons (Fsp3) is 0.429. The van der Waals surface area contributed by atoms with Gasteiger partial charge in [0, 0.05) is 0 Å². The van der Waals surface area contributed by atoms with Crippen LogP contribution < -0.4 is 10.0 Å². The molecule has 0 aliphatic heterocycles. The zero-order valence-corrected chi connectivity index (χ0v) is 13.6. The van der Waals surface area contributed by atoms with Gasteiger partial charge in [-0.3, -0.25) is 10.1 Å². The van der Waals surface area contributed by atoms with Gasteiger partial charge >= 0.3 is 0 Å². The average molecular weight is 324 g/mol. The highest BCUT2D eigenvalue weighted by atomic mass is 32.2. The smallest absolute Gasteiger partial charge is 0.244 e. The van der Waals surface area contributed by atoms with Crippen LogP contribution in [0.1, 0.15) is 20.3 Å². The molecule has 1 heterocycles. The first-order valence-corrected chi connectivity index (χ1v) is 8.86. The molecule has 0 bridgehead atoms. The highest BCUT2D eigenvalue weighted by Crippen LogP contribution is 2.14. The number of carbonyl (C=O) groups excluding carboxylic acids is 1. The summed E-state index contributed by atoms with van der Waals surface area (Å²) in [5.41, 5.74) is 1.53. The molecule has 1 aromatic carbocycles. The number of hydrogen-bond donors (Lipinski definition) is 3. The van der Waals surface area contributed by atoms with Crippen LogP contribution in [0.4, 0.5) is 5.95 Å². The third kappa shape index (κ3) is 4.54. The SMILES string of the molecule is CC(C)CC(NS(C)(=O)=O)C(=O)Nc1nc2ccccc2[nH]1. The Morgan fingerprint density at radius 2 is 2.00 bits per heavy atom. The van der Waals surface area contributed by atoms with E-state index in [-0.39, 0.29) is 5.92 Å². The minimum Gasteiger partial charge on any atom is -0.324 e. The Morgan fingerprint density at radius 3 is 2.59 bits per heavy atom. The number of aromatic amines is 1. The van der Waals surface area contributed by atoms with E-state index in [1.165, 1.54) is 0 Å². The van der Waals surface area contributed by atoms with Crippen LogP contribution in [0.15, 0.2) is 24.3 Å². The van der Waals surface area contributed by atoms with Gasteiger partial charge < -0.3 is 4.98 Å². The molecule has 1 aromatic heterocycles. The van der Waals surface area contributed by atoms with Crippen LogP contribution in [-0.2, 0) is 14.8 Å². The molecule has 120 valence electrons. The first-order chi connectivity index (χ1) is 10.2. The summed E-state index contributed by atoms with van der Waals surface area (Å²) >= 11 is 0. The van der Waals surface area contributed by atoms with Gasteiger partial charge in [-0.15, -0.1) is 0 Å². The van der Waals surface area contributed by atoms with E-state index in [0.717, 1.165) is 17.3 Å². The summed E-state index contributed by atoms with van der Waals surface area (Å²) in [6.45, 7) is 3.84. The topological polar surface area (TPSA) is 104 Å². The van der Waals surface area contributed by atoms with Crippen molar-refractivity contribution in [3.63, 3.8) is 0 Å². The number of carbonyl (C=O) groups is 1. The van der Waals surface area contributed by atoms with Crippen molar-refractivity contribution in [2.24, 2.45) is 5.92 Å². The lowest BCUT2D eigenvalue weighted by Gasteiger charge is -2.18. The van der Waals surface area contributed by atoms with Gasteiger partial charge in [0.05, 0.1) is 17.3 Å². The minimum absolute atomic E-state index is 0.167. The molecular weight excluding hydrogens is 304 g/mol. The molecule has 22 heavy (non-hydrogen) atoms. The lowest BCUT2D eigenvalue weighted by molar-refractivity contribution is -0.118. The zero-order chi connectivity index (χ0) is 16.3. The van der Waals surface area contributed by atoms with Crippen LogP contribution in [-0.4, -0.2) is 36.6 Å². The normalized spacial score (nSPS) is 13.5. The second kappa shape index (κ2) is 6.45. The number of para-hydroxylation sites is 2. The van der Waals surface area contributed by atoms with E-state index in [1.54, 1.807) is 0 Å². The Kier molecular flexibility index (Phi) is 4.82. The molecule has 0 saturated carbocycles. The van der Waals surface area contributed by atoms with E-state index >= 15 is 0 Å². The molecule has 0 aliphatic carbocycles. The summed E-state index contributed by atoms with van der Waals surface area (Å²) in [4.78, 5) is 19.5. The highest BCUT2D eigenvalue weighted by Gasteiger charge is 2.24. The summed E-state index contributed by atoms with van der Waals surface area (Å²) < 4.78 is 25.2. The number of aromatic nitrogens is 2. The summed E-state index contributed by atoms with van der Waals surface area (Å²) in [6.07, 6.45) is 1.44. The lowest BCUT2D eigenvalue weighted by Crippen LogP contribution is -2.44. The van der Waals surface area contributed by atoms with Crippen molar-refractivity contribution in [2.45, 2.75) is 26.3 Å². The molecule has 1 amide bonds. The molecule has 3 N–H and O–H groups in total. The number of nitrogens with zero attached hydrogens (tertiary/aromatic N) is 1. The molecule has 1 atom stereocenters. The van der Waals surface area contributed by atoms with E-state index in [0.29, 0.717) is 12.4 Å². The number of benzene rings is 1. The number of H-pyrrole nitrogens is 1. The van der Waals surface area contributed by atoms with Crippen LogP contribution in [0, 0.1) is 5.92 Å². The predicted octanol–water partition coefficient (Wildman–Crippen LogP) is 1.47. The first kappa shape index (κ1) is 16.4. The van der Waals surface area contributed by atoms with Gasteiger partial charge in [0.25, 0.3) is 0 Å². The molecule has 2 rings (SSSR count). The maximum atomic E-state index is 12.3. The fourth-order valence-electron chi connectivity index (χ4n) is 2.15. The number of imidazole rings is 1. The summed E-state index contributed by atoms with van der Waals surface area (Å²) in [5.74, 6) is 0.0362. The van der Waals surface area contributed by atoms with Crippen molar-refractivity contribution in [2.75, 3.05) is 11.6 Å². The third-order valence-electron chi connectivity index (χ3n) is 3.01. The van der Waals surface area contributed by atoms with E-state index in [2.05, 4.69) is 20.0 Å². The number of hydrogen-bond acceptors (Lipinski definition) is 4. The van der Waals surface area contributed by atoms with Crippen molar-refractivity contribution in [3.8, 4) is 0 Å². The second-order valence-corrected chi connectivity index (χ2v) is 7.44. The summed E-state index contributed by atoms with van der Waals surface area (Å²) in [7, 11) is -3.47. The maximum absolute atomic E-state index is 12.3. The Balaban J connectivity index is 2.15. The van der Waals surface area contributed by atoms with E-state index in [9.17, 15) is 13.2 Å². The van der Waals surface area contributed by atoms with E-state index in [4.69, 9.17) is 0 Å². The minimum atomic E-state index is -3.47. The Morgan fingerprint density at radius 1 is 1.32 bits per heavy atom. The van der Waals surface area contributed by atoms with Gasteiger partial charge in [0.1, 0.15) is 6.04 Å². The molecule has 1 unspecified atom stereocenters. The highest BCUT2D eigenvalue weighted by molar-refractivity contribution is 7.88.